The molecule has 0 fully saturated rings. The first-order chi connectivity index (χ1) is 8.90. The molecule has 1 amide bonds. The molecule has 1 N–H and O–H groups in total. The molecule has 0 aliphatic rings. The molecule has 0 unspecified atom stereocenters. The van der Waals surface area contributed by atoms with Gasteiger partial charge < -0.3 is 14.8 Å². The van der Waals surface area contributed by atoms with Gasteiger partial charge in [0.25, 0.3) is 0 Å². The lowest BCUT2D eigenvalue weighted by molar-refractivity contribution is -0.152. The van der Waals surface area contributed by atoms with Crippen LogP contribution in [-0.2, 0) is 19.7 Å². The summed E-state index contributed by atoms with van der Waals surface area (Å²) in [5, 5.41) is 2.56. The van der Waals surface area contributed by atoms with Crippen molar-refractivity contribution in [2.24, 2.45) is 0 Å². The normalized spacial score (nSPS) is 10.7. The average molecular weight is 265 g/mol. The highest BCUT2D eigenvalue weighted by atomic mass is 16.5. The number of ether oxygens (including phenoxy) is 2. The summed E-state index contributed by atoms with van der Waals surface area (Å²) in [6, 6.07) is 7.59. The number of hydrogen-bond acceptors (Lipinski definition) is 4. The third-order valence-corrected chi connectivity index (χ3v) is 2.93. The number of nitrogens with one attached hydrogen (secondary N) is 1. The fourth-order valence-electron chi connectivity index (χ4n) is 1.61. The monoisotopic (exact) mass is 265 g/mol. The maximum Gasteiger partial charge on any atom is 0.396 e. The van der Waals surface area contributed by atoms with Gasteiger partial charge in [-0.25, -0.2) is 4.79 Å². The minimum Gasteiger partial charge on any atom is -0.497 e. The predicted octanol–water partition coefficient (Wildman–Crippen LogP) is 1.26. The molecule has 0 saturated carbocycles. The summed E-state index contributed by atoms with van der Waals surface area (Å²) in [5.74, 6) is -0.840. The number of benzene rings is 1. The second-order valence-corrected chi connectivity index (χ2v) is 4.79. The molecule has 1 rings (SSSR count). The second-order valence-electron chi connectivity index (χ2n) is 4.79. The summed E-state index contributed by atoms with van der Waals surface area (Å²) < 4.78 is 9.44. The average Bonchev–Trinajstić information content (AvgIpc) is 2.44. The Kier molecular flexibility index (Phi) is 4.92. The maximum atomic E-state index is 11.3. The standard InChI is InChI=1S/C14H19NO4/c1-14(2,9-15-12(16)13(17)19-4)10-5-7-11(18-3)8-6-10/h5-8H,9H2,1-4H3,(H,15,16). The molecule has 0 atom stereocenters. The van der Waals surface area contributed by atoms with Crippen molar-refractivity contribution >= 4 is 11.9 Å². The number of carbonyl (C=O) groups is 2. The van der Waals surface area contributed by atoms with Crippen LogP contribution in [0.1, 0.15) is 19.4 Å². The molecular weight excluding hydrogens is 246 g/mol. The van der Waals surface area contributed by atoms with Crippen molar-refractivity contribution in [3.05, 3.63) is 29.8 Å². The van der Waals surface area contributed by atoms with Crippen molar-refractivity contribution in [3.63, 3.8) is 0 Å². The first kappa shape index (κ1) is 15.0. The third-order valence-electron chi connectivity index (χ3n) is 2.93. The van der Waals surface area contributed by atoms with Crippen LogP contribution in [0.5, 0.6) is 5.75 Å². The van der Waals surface area contributed by atoms with Crippen LogP contribution in [0.25, 0.3) is 0 Å². The van der Waals surface area contributed by atoms with Crippen LogP contribution in [0.3, 0.4) is 0 Å². The van der Waals surface area contributed by atoms with Crippen LogP contribution in [0.15, 0.2) is 24.3 Å². The van der Waals surface area contributed by atoms with E-state index in [1.54, 1.807) is 7.11 Å². The molecule has 0 heterocycles. The van der Waals surface area contributed by atoms with Gasteiger partial charge in [-0.1, -0.05) is 26.0 Å². The zero-order chi connectivity index (χ0) is 14.5. The molecular formula is C14H19NO4. The maximum absolute atomic E-state index is 11.3. The predicted molar refractivity (Wildman–Crippen MR) is 71.0 cm³/mol. The van der Waals surface area contributed by atoms with Crippen molar-refractivity contribution < 1.29 is 19.1 Å². The van der Waals surface area contributed by atoms with Gasteiger partial charge in [0.05, 0.1) is 14.2 Å². The highest BCUT2D eigenvalue weighted by molar-refractivity contribution is 6.32. The Bertz CT molecular complexity index is 451. The SMILES string of the molecule is COC(=O)C(=O)NCC(C)(C)c1ccc(OC)cc1. The summed E-state index contributed by atoms with van der Waals surface area (Å²) in [5.41, 5.74) is 0.745. The molecule has 19 heavy (non-hydrogen) atoms. The first-order valence-corrected chi connectivity index (χ1v) is 5.91. The molecule has 0 spiro atoms. The van der Waals surface area contributed by atoms with E-state index in [4.69, 9.17) is 4.74 Å². The van der Waals surface area contributed by atoms with E-state index in [0.29, 0.717) is 6.54 Å². The first-order valence-electron chi connectivity index (χ1n) is 5.91. The Labute approximate surface area is 112 Å². The molecule has 0 saturated heterocycles. The quantitative estimate of drug-likeness (QED) is 0.657. The van der Waals surface area contributed by atoms with E-state index in [1.807, 2.05) is 38.1 Å². The van der Waals surface area contributed by atoms with E-state index < -0.39 is 11.9 Å². The van der Waals surface area contributed by atoms with Gasteiger partial charge in [-0.15, -0.1) is 0 Å². The summed E-state index contributed by atoms with van der Waals surface area (Å²) >= 11 is 0. The largest absolute Gasteiger partial charge is 0.497 e. The smallest absolute Gasteiger partial charge is 0.396 e. The highest BCUT2D eigenvalue weighted by Crippen LogP contribution is 2.24. The van der Waals surface area contributed by atoms with E-state index in [-0.39, 0.29) is 5.41 Å². The van der Waals surface area contributed by atoms with Gasteiger partial charge in [0.2, 0.25) is 0 Å². The number of methoxy groups -OCH3 is 2. The fraction of sp³-hybridized carbons (Fsp3) is 0.429. The van der Waals surface area contributed by atoms with Crippen molar-refractivity contribution in [3.8, 4) is 5.75 Å². The van der Waals surface area contributed by atoms with E-state index in [0.717, 1.165) is 11.3 Å². The van der Waals surface area contributed by atoms with Crippen molar-refractivity contribution in [2.45, 2.75) is 19.3 Å². The lowest BCUT2D eigenvalue weighted by Crippen LogP contribution is -2.40. The fourth-order valence-corrected chi connectivity index (χ4v) is 1.61. The molecule has 1 aromatic carbocycles. The van der Waals surface area contributed by atoms with Gasteiger partial charge in [-0.3, -0.25) is 4.79 Å². The minimum atomic E-state index is -0.884. The molecule has 104 valence electrons. The minimum absolute atomic E-state index is 0.296. The Morgan fingerprint density at radius 2 is 1.74 bits per heavy atom. The number of esters is 1. The van der Waals surface area contributed by atoms with Crippen molar-refractivity contribution in [1.82, 2.24) is 5.32 Å². The topological polar surface area (TPSA) is 64.6 Å². The third kappa shape index (κ3) is 3.98. The van der Waals surface area contributed by atoms with Crippen LogP contribution < -0.4 is 10.1 Å². The van der Waals surface area contributed by atoms with Crippen molar-refractivity contribution in [2.75, 3.05) is 20.8 Å². The van der Waals surface area contributed by atoms with Gasteiger partial charge in [-0.2, -0.15) is 0 Å². The van der Waals surface area contributed by atoms with Gasteiger partial charge in [0.1, 0.15) is 5.75 Å². The molecule has 0 aromatic heterocycles. The Morgan fingerprint density at radius 3 is 2.21 bits per heavy atom. The number of hydrogen-bond donors (Lipinski definition) is 1. The number of carbonyl (C=O) groups excluding carboxylic acids is 2. The second kappa shape index (κ2) is 6.22. The zero-order valence-corrected chi connectivity index (χ0v) is 11.6. The lowest BCUT2D eigenvalue weighted by atomic mass is 9.84. The molecule has 5 heteroatoms. The number of rotatable bonds is 4. The van der Waals surface area contributed by atoms with Gasteiger partial charge >= 0.3 is 11.9 Å². The highest BCUT2D eigenvalue weighted by Gasteiger charge is 2.23. The van der Waals surface area contributed by atoms with E-state index >= 15 is 0 Å². The summed E-state index contributed by atoms with van der Waals surface area (Å²) in [7, 11) is 2.78. The Morgan fingerprint density at radius 1 is 1.16 bits per heavy atom. The summed E-state index contributed by atoms with van der Waals surface area (Å²) in [6.45, 7) is 4.30. The van der Waals surface area contributed by atoms with Gasteiger partial charge in [0, 0.05) is 12.0 Å². The van der Waals surface area contributed by atoms with Crippen LogP contribution in [0.2, 0.25) is 0 Å². The molecule has 1 aromatic rings. The molecule has 5 nitrogen and oxygen atoms in total. The van der Waals surface area contributed by atoms with Gasteiger partial charge in [0.15, 0.2) is 0 Å². The summed E-state index contributed by atoms with van der Waals surface area (Å²) in [4.78, 5) is 22.3. The van der Waals surface area contributed by atoms with E-state index in [2.05, 4.69) is 10.1 Å². The Balaban J connectivity index is 2.69. The van der Waals surface area contributed by atoms with Gasteiger partial charge in [-0.05, 0) is 17.7 Å². The zero-order valence-electron chi connectivity index (χ0n) is 11.6. The van der Waals surface area contributed by atoms with E-state index in [9.17, 15) is 9.59 Å². The van der Waals surface area contributed by atoms with Crippen LogP contribution in [0, 0.1) is 0 Å². The molecule has 0 aliphatic carbocycles. The van der Waals surface area contributed by atoms with Crippen LogP contribution in [0.4, 0.5) is 0 Å². The van der Waals surface area contributed by atoms with Crippen LogP contribution in [-0.4, -0.2) is 32.6 Å². The van der Waals surface area contributed by atoms with Crippen molar-refractivity contribution in [1.29, 1.82) is 0 Å². The molecule has 0 bridgehead atoms. The lowest BCUT2D eigenvalue weighted by Gasteiger charge is -2.25. The van der Waals surface area contributed by atoms with E-state index in [1.165, 1.54) is 7.11 Å². The van der Waals surface area contributed by atoms with Crippen LogP contribution >= 0.6 is 0 Å². The summed E-state index contributed by atoms with van der Waals surface area (Å²) in [6.07, 6.45) is 0. The molecule has 0 aliphatic heterocycles. The Hall–Kier alpha value is -2.04. The molecule has 0 radical (unpaired) electrons. The number of amides is 1.